The molecule has 0 aliphatic rings. The van der Waals surface area contributed by atoms with Gasteiger partial charge in [0.25, 0.3) is 0 Å². The van der Waals surface area contributed by atoms with Crippen LogP contribution < -0.4 is 5.32 Å². The summed E-state index contributed by atoms with van der Waals surface area (Å²) in [6.07, 6.45) is 0.321. The highest BCUT2D eigenvalue weighted by atomic mass is 32.1. The third-order valence-corrected chi connectivity index (χ3v) is 3.11. The number of nitrogens with one attached hydrogen (secondary N) is 1. The molecule has 0 spiro atoms. The third kappa shape index (κ3) is 4.02. The lowest BCUT2D eigenvalue weighted by Gasteiger charge is -2.20. The second-order valence-electron chi connectivity index (χ2n) is 4.70. The van der Waals surface area contributed by atoms with Crippen LogP contribution in [0.15, 0.2) is 5.38 Å². The number of carbonyl (C=O) groups is 1. The van der Waals surface area contributed by atoms with Gasteiger partial charge in [-0.2, -0.15) is 0 Å². The van der Waals surface area contributed by atoms with Crippen molar-refractivity contribution in [2.75, 3.05) is 5.32 Å². The Morgan fingerprint density at radius 1 is 1.53 bits per heavy atom. The van der Waals surface area contributed by atoms with Crippen LogP contribution >= 0.6 is 11.3 Å². The first kappa shape index (κ1) is 14.0. The van der Waals surface area contributed by atoms with E-state index < -0.39 is 11.7 Å². The molecule has 5 heteroatoms. The van der Waals surface area contributed by atoms with Gasteiger partial charge in [-0.25, -0.2) is 4.79 Å². The molecule has 17 heavy (non-hydrogen) atoms. The van der Waals surface area contributed by atoms with Crippen LogP contribution in [0, 0.1) is 0 Å². The van der Waals surface area contributed by atoms with Crippen molar-refractivity contribution in [2.45, 2.75) is 46.3 Å². The van der Waals surface area contributed by atoms with Gasteiger partial charge in [-0.1, -0.05) is 6.92 Å². The van der Waals surface area contributed by atoms with Crippen molar-refractivity contribution in [1.82, 2.24) is 0 Å². The van der Waals surface area contributed by atoms with Crippen LogP contribution in [0.5, 0.6) is 0 Å². The molecule has 1 heterocycles. The van der Waals surface area contributed by atoms with E-state index >= 15 is 0 Å². The molecule has 0 aliphatic carbocycles. The van der Waals surface area contributed by atoms with Gasteiger partial charge in [0.15, 0.2) is 0 Å². The SMILES string of the molecule is CCc1csc(CO)c1NC(=O)OC(C)(C)C. The van der Waals surface area contributed by atoms with Gasteiger partial charge < -0.3 is 9.84 Å². The Hall–Kier alpha value is -1.07. The van der Waals surface area contributed by atoms with Crippen LogP contribution in [0.1, 0.15) is 38.1 Å². The minimum atomic E-state index is -0.522. The molecular weight excluding hydrogens is 238 g/mol. The summed E-state index contributed by atoms with van der Waals surface area (Å²) in [6.45, 7) is 7.37. The zero-order valence-electron chi connectivity index (χ0n) is 10.7. The minimum absolute atomic E-state index is 0.0736. The van der Waals surface area contributed by atoms with Crippen molar-refractivity contribution < 1.29 is 14.6 Å². The van der Waals surface area contributed by atoms with Crippen molar-refractivity contribution in [3.8, 4) is 0 Å². The number of rotatable bonds is 3. The normalized spacial score (nSPS) is 11.4. The Morgan fingerprint density at radius 2 is 2.18 bits per heavy atom. The molecule has 1 amide bonds. The molecule has 0 saturated heterocycles. The van der Waals surface area contributed by atoms with Crippen molar-refractivity contribution in [3.63, 3.8) is 0 Å². The summed E-state index contributed by atoms with van der Waals surface area (Å²) in [7, 11) is 0. The summed E-state index contributed by atoms with van der Waals surface area (Å²) in [4.78, 5) is 12.4. The second-order valence-corrected chi connectivity index (χ2v) is 5.66. The van der Waals surface area contributed by atoms with Gasteiger partial charge >= 0.3 is 6.09 Å². The van der Waals surface area contributed by atoms with E-state index in [-0.39, 0.29) is 6.61 Å². The molecule has 1 aromatic heterocycles. The number of aryl methyl sites for hydroxylation is 1. The number of thiophene rings is 1. The molecule has 96 valence electrons. The average Bonchev–Trinajstić information content (AvgIpc) is 2.57. The number of hydrogen-bond donors (Lipinski definition) is 2. The summed E-state index contributed by atoms with van der Waals surface area (Å²) in [5.41, 5.74) is 1.19. The number of carbonyl (C=O) groups excluding carboxylic acids is 1. The second kappa shape index (κ2) is 5.51. The van der Waals surface area contributed by atoms with Gasteiger partial charge in [0.2, 0.25) is 0 Å². The van der Waals surface area contributed by atoms with Crippen LogP contribution in [-0.4, -0.2) is 16.8 Å². The quantitative estimate of drug-likeness (QED) is 0.874. The van der Waals surface area contributed by atoms with Crippen molar-refractivity contribution >= 4 is 23.1 Å². The number of ether oxygens (including phenoxy) is 1. The fourth-order valence-corrected chi connectivity index (χ4v) is 2.31. The molecular formula is C12H19NO3S. The van der Waals surface area contributed by atoms with E-state index in [2.05, 4.69) is 5.32 Å². The van der Waals surface area contributed by atoms with Crippen molar-refractivity contribution in [1.29, 1.82) is 0 Å². The molecule has 1 rings (SSSR count). The van der Waals surface area contributed by atoms with Crippen LogP contribution in [0.3, 0.4) is 0 Å². The van der Waals surface area contributed by atoms with Crippen LogP contribution in [0.4, 0.5) is 10.5 Å². The highest BCUT2D eigenvalue weighted by Gasteiger charge is 2.19. The maximum Gasteiger partial charge on any atom is 0.412 e. The van der Waals surface area contributed by atoms with Crippen LogP contribution in [0.25, 0.3) is 0 Å². The lowest BCUT2D eigenvalue weighted by Crippen LogP contribution is -2.27. The number of aliphatic hydroxyl groups excluding tert-OH is 1. The number of anilines is 1. The molecule has 0 aromatic carbocycles. The molecule has 0 radical (unpaired) electrons. The number of aliphatic hydroxyl groups is 1. The molecule has 0 saturated carbocycles. The van der Waals surface area contributed by atoms with E-state index in [1.165, 1.54) is 11.3 Å². The van der Waals surface area contributed by atoms with E-state index in [1.807, 2.05) is 33.1 Å². The number of hydrogen-bond acceptors (Lipinski definition) is 4. The molecule has 0 aliphatic heterocycles. The van der Waals surface area contributed by atoms with Crippen LogP contribution in [0.2, 0.25) is 0 Å². The predicted octanol–water partition coefficient (Wildman–Crippen LogP) is 3.15. The average molecular weight is 257 g/mol. The minimum Gasteiger partial charge on any atom is -0.444 e. The van der Waals surface area contributed by atoms with E-state index in [0.29, 0.717) is 5.69 Å². The topological polar surface area (TPSA) is 58.6 Å². The highest BCUT2D eigenvalue weighted by Crippen LogP contribution is 2.29. The summed E-state index contributed by atoms with van der Waals surface area (Å²) in [5.74, 6) is 0. The van der Waals surface area contributed by atoms with Gasteiger partial charge in [0.05, 0.1) is 17.2 Å². The van der Waals surface area contributed by atoms with Crippen LogP contribution in [-0.2, 0) is 17.8 Å². The Bertz CT molecular complexity index is 371. The van der Waals surface area contributed by atoms with E-state index in [4.69, 9.17) is 4.74 Å². The van der Waals surface area contributed by atoms with E-state index in [9.17, 15) is 9.90 Å². The number of amides is 1. The van der Waals surface area contributed by atoms with Crippen molar-refractivity contribution in [3.05, 3.63) is 15.8 Å². The van der Waals surface area contributed by atoms with E-state index in [0.717, 1.165) is 16.9 Å². The molecule has 2 N–H and O–H groups in total. The lowest BCUT2D eigenvalue weighted by atomic mass is 10.2. The van der Waals surface area contributed by atoms with Gasteiger partial charge in [-0.05, 0) is 38.1 Å². The first-order valence-corrected chi connectivity index (χ1v) is 6.45. The zero-order chi connectivity index (χ0) is 13.1. The zero-order valence-corrected chi connectivity index (χ0v) is 11.5. The smallest absolute Gasteiger partial charge is 0.412 e. The summed E-state index contributed by atoms with van der Waals surface area (Å²) in [6, 6.07) is 0. The Kier molecular flexibility index (Phi) is 4.54. The molecule has 0 unspecified atom stereocenters. The molecule has 0 bridgehead atoms. The fraction of sp³-hybridized carbons (Fsp3) is 0.583. The van der Waals surface area contributed by atoms with E-state index in [1.54, 1.807) is 0 Å². The first-order chi connectivity index (χ1) is 7.87. The maximum atomic E-state index is 11.7. The molecule has 1 aromatic rings. The molecule has 0 atom stereocenters. The summed E-state index contributed by atoms with van der Waals surface area (Å²) < 4.78 is 5.18. The standard InChI is InChI=1S/C12H19NO3S/c1-5-8-7-17-9(6-14)10(8)13-11(15)16-12(2,3)4/h7,14H,5-6H2,1-4H3,(H,13,15). The highest BCUT2D eigenvalue weighted by molar-refractivity contribution is 7.10. The maximum absolute atomic E-state index is 11.7. The van der Waals surface area contributed by atoms with Crippen molar-refractivity contribution in [2.24, 2.45) is 0 Å². The lowest BCUT2D eigenvalue weighted by molar-refractivity contribution is 0.0635. The van der Waals surface area contributed by atoms with Gasteiger partial charge in [0, 0.05) is 0 Å². The third-order valence-electron chi connectivity index (χ3n) is 2.09. The Balaban J connectivity index is 2.80. The van der Waals surface area contributed by atoms with Gasteiger partial charge in [-0.15, -0.1) is 11.3 Å². The van der Waals surface area contributed by atoms with Gasteiger partial charge in [0.1, 0.15) is 5.60 Å². The fourth-order valence-electron chi connectivity index (χ4n) is 1.37. The summed E-state index contributed by atoms with van der Waals surface area (Å²) >= 11 is 1.44. The van der Waals surface area contributed by atoms with Gasteiger partial charge in [-0.3, -0.25) is 5.32 Å². The molecule has 0 fully saturated rings. The monoisotopic (exact) mass is 257 g/mol. The summed E-state index contributed by atoms with van der Waals surface area (Å²) in [5, 5.41) is 13.8. The Morgan fingerprint density at radius 3 is 2.65 bits per heavy atom. The predicted molar refractivity (Wildman–Crippen MR) is 69.5 cm³/mol. The Labute approximate surface area is 106 Å². The molecule has 4 nitrogen and oxygen atoms in total. The largest absolute Gasteiger partial charge is 0.444 e. The first-order valence-electron chi connectivity index (χ1n) is 5.57.